The van der Waals surface area contributed by atoms with Crippen molar-refractivity contribution in [2.24, 2.45) is 0 Å². The molecule has 0 aliphatic carbocycles. The van der Waals surface area contributed by atoms with Crippen LogP contribution in [-0.2, 0) is 32.2 Å². The molecule has 35 heavy (non-hydrogen) atoms. The van der Waals surface area contributed by atoms with Crippen molar-refractivity contribution >= 4 is 38.5 Å². The van der Waals surface area contributed by atoms with E-state index in [1.807, 2.05) is 0 Å². The van der Waals surface area contributed by atoms with Crippen molar-refractivity contribution in [1.29, 1.82) is 0 Å². The van der Waals surface area contributed by atoms with Gasteiger partial charge in [0.25, 0.3) is 10.0 Å². The normalized spacial score (nSPS) is 12.1. The molecule has 0 amide bonds. The van der Waals surface area contributed by atoms with E-state index in [-0.39, 0.29) is 23.9 Å². The maximum Gasteiger partial charge on any atom is 0.417 e. The summed E-state index contributed by atoms with van der Waals surface area (Å²) in [5.74, 6) is -0.510. The van der Waals surface area contributed by atoms with Crippen LogP contribution >= 0.6 is 11.6 Å². The number of rotatable bonds is 6. The molecule has 0 fully saturated rings. The number of hydrogen-bond acceptors (Lipinski definition) is 4. The van der Waals surface area contributed by atoms with Gasteiger partial charge < -0.3 is 4.74 Å². The molecular weight excluding hydrogens is 503 g/mol. The highest BCUT2D eigenvalue weighted by Crippen LogP contribution is 2.41. The van der Waals surface area contributed by atoms with Gasteiger partial charge in [-0.3, -0.25) is 4.79 Å². The number of carbonyl (C=O) groups is 1. The summed E-state index contributed by atoms with van der Waals surface area (Å²) in [6, 6.07) is 15.7. The predicted molar refractivity (Wildman–Crippen MR) is 127 cm³/mol. The number of esters is 1. The van der Waals surface area contributed by atoms with Gasteiger partial charge in [-0.25, -0.2) is 12.4 Å². The minimum atomic E-state index is -4.92. The van der Waals surface area contributed by atoms with E-state index in [9.17, 15) is 26.4 Å². The van der Waals surface area contributed by atoms with E-state index in [0.717, 1.165) is 10.0 Å². The molecule has 0 saturated heterocycles. The average molecular weight is 522 g/mol. The highest BCUT2D eigenvalue weighted by Gasteiger charge is 2.40. The number of hydrogen-bond donors (Lipinski definition) is 0. The highest BCUT2D eigenvalue weighted by molar-refractivity contribution is 7.90. The Morgan fingerprint density at radius 2 is 1.74 bits per heavy atom. The molecule has 0 atom stereocenters. The number of fused-ring (bicyclic) bond motifs is 1. The second-order valence-corrected chi connectivity index (χ2v) is 9.93. The minimum Gasteiger partial charge on any atom is -0.469 e. The van der Waals surface area contributed by atoms with Crippen molar-refractivity contribution in [1.82, 2.24) is 3.97 Å². The number of benzene rings is 3. The molecule has 5 nitrogen and oxygen atoms in total. The number of carbonyl (C=O) groups excluding carboxylic acids is 1. The van der Waals surface area contributed by atoms with Gasteiger partial charge >= 0.3 is 12.1 Å². The summed E-state index contributed by atoms with van der Waals surface area (Å²) >= 11 is 6.11. The van der Waals surface area contributed by atoms with Crippen LogP contribution in [0, 0.1) is 0 Å². The summed E-state index contributed by atoms with van der Waals surface area (Å²) in [6.07, 6.45) is -3.62. The van der Waals surface area contributed by atoms with Crippen molar-refractivity contribution in [2.75, 3.05) is 7.11 Å². The number of ether oxygens (including phenoxy) is 1. The molecular formula is C25H19ClF3NO4S. The smallest absolute Gasteiger partial charge is 0.417 e. The standard InChI is InChI=1S/C25H19ClF3NO4S/c1-34-23(31)13-10-17-15-30(22-12-11-18(26)14-20(17)22)35(32,33)24-19(16-6-3-2-4-7-16)8-5-9-21(24)25(27,28)29/h2-9,11-12,14-15H,10,13H2,1H3. The molecule has 0 saturated carbocycles. The summed E-state index contributed by atoms with van der Waals surface area (Å²) in [5, 5.41) is 0.725. The van der Waals surface area contributed by atoms with Gasteiger partial charge in [0.15, 0.2) is 0 Å². The third-order valence-corrected chi connectivity index (χ3v) is 7.57. The number of methoxy groups -OCH3 is 1. The molecule has 182 valence electrons. The van der Waals surface area contributed by atoms with Crippen molar-refractivity contribution in [3.8, 4) is 11.1 Å². The van der Waals surface area contributed by atoms with Gasteiger partial charge in [0, 0.05) is 28.6 Å². The van der Waals surface area contributed by atoms with Gasteiger partial charge in [-0.1, -0.05) is 54.1 Å². The van der Waals surface area contributed by atoms with Crippen LogP contribution in [0.15, 0.2) is 77.8 Å². The average Bonchev–Trinajstić information content (AvgIpc) is 3.20. The van der Waals surface area contributed by atoms with Crippen LogP contribution in [-0.4, -0.2) is 25.5 Å². The number of aromatic nitrogens is 1. The zero-order valence-electron chi connectivity index (χ0n) is 18.3. The van der Waals surface area contributed by atoms with E-state index in [2.05, 4.69) is 4.74 Å². The quantitative estimate of drug-likeness (QED) is 0.278. The van der Waals surface area contributed by atoms with Crippen molar-refractivity contribution in [3.05, 3.63) is 89.1 Å². The summed E-state index contributed by atoms with van der Waals surface area (Å²) in [5.41, 5.74) is -0.451. The van der Waals surface area contributed by atoms with Crippen LogP contribution in [0.5, 0.6) is 0 Å². The van der Waals surface area contributed by atoms with Gasteiger partial charge in [-0.05, 0) is 41.8 Å². The van der Waals surface area contributed by atoms with Crippen molar-refractivity contribution < 1.29 is 31.1 Å². The fourth-order valence-electron chi connectivity index (χ4n) is 3.96. The number of nitrogens with zero attached hydrogens (tertiary/aromatic N) is 1. The maximum atomic E-state index is 14.1. The first-order valence-corrected chi connectivity index (χ1v) is 12.2. The third-order valence-electron chi connectivity index (χ3n) is 5.56. The van der Waals surface area contributed by atoms with Crippen LogP contribution in [0.3, 0.4) is 0 Å². The Morgan fingerprint density at radius 3 is 2.40 bits per heavy atom. The first kappa shape index (κ1) is 24.8. The summed E-state index contributed by atoms with van der Waals surface area (Å²) in [6.45, 7) is 0. The second kappa shape index (κ2) is 9.39. The number of halogens is 4. The molecule has 10 heteroatoms. The molecule has 0 unspecified atom stereocenters. The molecule has 0 bridgehead atoms. The molecule has 0 aliphatic rings. The van der Waals surface area contributed by atoms with Gasteiger partial charge in [-0.15, -0.1) is 0 Å². The zero-order chi connectivity index (χ0) is 25.4. The van der Waals surface area contributed by atoms with E-state index in [1.54, 1.807) is 30.3 Å². The van der Waals surface area contributed by atoms with Gasteiger partial charge in [0.1, 0.15) is 4.90 Å². The fourth-order valence-corrected chi connectivity index (χ4v) is 5.94. The highest BCUT2D eigenvalue weighted by atomic mass is 35.5. The lowest BCUT2D eigenvalue weighted by molar-refractivity contribution is -0.141. The number of alkyl halides is 3. The van der Waals surface area contributed by atoms with E-state index in [0.29, 0.717) is 21.5 Å². The molecule has 4 aromatic rings. The van der Waals surface area contributed by atoms with Crippen LogP contribution in [0.1, 0.15) is 17.5 Å². The molecule has 0 aliphatic heterocycles. The largest absolute Gasteiger partial charge is 0.469 e. The maximum absolute atomic E-state index is 14.1. The lowest BCUT2D eigenvalue weighted by atomic mass is 10.0. The van der Waals surface area contributed by atoms with Crippen LogP contribution in [0.25, 0.3) is 22.0 Å². The van der Waals surface area contributed by atoms with E-state index in [1.165, 1.54) is 43.6 Å². The molecule has 1 heterocycles. The first-order valence-electron chi connectivity index (χ1n) is 10.4. The summed E-state index contributed by atoms with van der Waals surface area (Å²) in [7, 11) is -3.53. The Hall–Kier alpha value is -3.30. The Bertz CT molecular complexity index is 1510. The lowest BCUT2D eigenvalue weighted by Crippen LogP contribution is -2.19. The summed E-state index contributed by atoms with van der Waals surface area (Å²) in [4.78, 5) is 10.8. The van der Waals surface area contributed by atoms with Gasteiger partial charge in [0.05, 0.1) is 18.2 Å². The van der Waals surface area contributed by atoms with Crippen molar-refractivity contribution in [2.45, 2.75) is 23.9 Å². The number of aryl methyl sites for hydroxylation is 1. The minimum absolute atomic E-state index is 0.0451. The van der Waals surface area contributed by atoms with Crippen LogP contribution in [0.4, 0.5) is 13.2 Å². The zero-order valence-corrected chi connectivity index (χ0v) is 19.9. The molecule has 0 spiro atoms. The Kier molecular flexibility index (Phi) is 6.66. The molecule has 4 rings (SSSR count). The molecule has 0 radical (unpaired) electrons. The Morgan fingerprint density at radius 1 is 1.03 bits per heavy atom. The third kappa shape index (κ3) is 4.78. The lowest BCUT2D eigenvalue weighted by Gasteiger charge is -2.18. The molecule has 1 aromatic heterocycles. The SMILES string of the molecule is COC(=O)CCc1cn(S(=O)(=O)c2c(-c3ccccc3)cccc2C(F)(F)F)c2ccc(Cl)cc12. The van der Waals surface area contributed by atoms with E-state index >= 15 is 0 Å². The van der Waals surface area contributed by atoms with Crippen LogP contribution < -0.4 is 0 Å². The summed E-state index contributed by atoms with van der Waals surface area (Å²) < 4.78 is 75.6. The monoisotopic (exact) mass is 521 g/mol. The second-order valence-electron chi connectivity index (χ2n) is 7.74. The van der Waals surface area contributed by atoms with Crippen LogP contribution in [0.2, 0.25) is 5.02 Å². The Labute approximate surface area is 204 Å². The first-order chi connectivity index (χ1) is 16.5. The van der Waals surface area contributed by atoms with E-state index in [4.69, 9.17) is 11.6 Å². The topological polar surface area (TPSA) is 65.4 Å². The van der Waals surface area contributed by atoms with E-state index < -0.39 is 32.6 Å². The Balaban J connectivity index is 2.01. The van der Waals surface area contributed by atoms with Gasteiger partial charge in [-0.2, -0.15) is 13.2 Å². The molecule has 3 aromatic carbocycles. The predicted octanol–water partition coefficient (Wildman–Crippen LogP) is 6.32. The van der Waals surface area contributed by atoms with Gasteiger partial charge in [0.2, 0.25) is 0 Å². The van der Waals surface area contributed by atoms with Crippen molar-refractivity contribution in [3.63, 3.8) is 0 Å². The molecule has 0 N–H and O–H groups in total. The fraction of sp³-hybridized carbons (Fsp3) is 0.160.